The van der Waals surface area contributed by atoms with Gasteiger partial charge in [-0.1, -0.05) is 136 Å². The van der Waals surface area contributed by atoms with Crippen molar-refractivity contribution in [2.45, 2.75) is 51.4 Å². The Morgan fingerprint density at radius 3 is 1.25 bits per heavy atom. The molecule has 4 heteroatoms. The molecule has 0 saturated carbocycles. The Bertz CT molecular complexity index is 1370. The third kappa shape index (κ3) is 11.9. The van der Waals surface area contributed by atoms with Gasteiger partial charge < -0.3 is 9.47 Å². The fourth-order valence-electron chi connectivity index (χ4n) is 4.80. The highest BCUT2D eigenvalue weighted by Crippen LogP contribution is 2.18. The number of ether oxygens (including phenoxy) is 2. The molecule has 0 aliphatic carbocycles. The van der Waals surface area contributed by atoms with Crippen LogP contribution in [-0.2, 0) is 0 Å². The van der Waals surface area contributed by atoms with Gasteiger partial charge in [0.2, 0.25) is 0 Å². The zero-order valence-electron chi connectivity index (χ0n) is 25.4. The minimum Gasteiger partial charge on any atom is -0.494 e. The summed E-state index contributed by atoms with van der Waals surface area (Å²) >= 11 is 0. The van der Waals surface area contributed by atoms with E-state index in [4.69, 9.17) is 9.47 Å². The number of hydrogen-bond acceptors (Lipinski definition) is 4. The molecule has 0 saturated heterocycles. The molecule has 0 unspecified atom stereocenters. The fourth-order valence-corrected chi connectivity index (χ4v) is 4.80. The topological polar surface area (TPSA) is 52.6 Å². The molecule has 0 spiro atoms. The van der Waals surface area contributed by atoms with E-state index in [2.05, 4.69) is 0 Å². The van der Waals surface area contributed by atoms with Gasteiger partial charge in [0.25, 0.3) is 0 Å². The van der Waals surface area contributed by atoms with Gasteiger partial charge in [-0.25, -0.2) is 0 Å². The summed E-state index contributed by atoms with van der Waals surface area (Å²) in [4.78, 5) is 24.6. The Kier molecular flexibility index (Phi) is 13.7. The highest BCUT2D eigenvalue weighted by Gasteiger charge is 2.02. The van der Waals surface area contributed by atoms with Crippen LogP contribution in [0.4, 0.5) is 0 Å². The number of ketones is 2. The van der Waals surface area contributed by atoms with Gasteiger partial charge in [0.05, 0.1) is 13.2 Å². The van der Waals surface area contributed by atoms with Crippen LogP contribution in [0.25, 0.3) is 12.2 Å². The maximum absolute atomic E-state index is 12.3. The minimum absolute atomic E-state index is 0.00453. The van der Waals surface area contributed by atoms with E-state index in [1.165, 1.54) is 25.7 Å². The predicted molar refractivity (Wildman–Crippen MR) is 180 cm³/mol. The summed E-state index contributed by atoms with van der Waals surface area (Å²) in [6.45, 7) is 1.40. The normalized spacial score (nSPS) is 11.2. The number of carbonyl (C=O) groups is 2. The Morgan fingerprint density at radius 2 is 0.841 bits per heavy atom. The summed E-state index contributed by atoms with van der Waals surface area (Å²) in [6, 6.07) is 34.3. The molecule has 0 radical (unpaired) electrons. The van der Waals surface area contributed by atoms with E-state index in [0.717, 1.165) is 48.3 Å². The van der Waals surface area contributed by atoms with Gasteiger partial charge in [0.15, 0.2) is 11.6 Å². The summed E-state index contributed by atoms with van der Waals surface area (Å²) in [5, 5.41) is 0. The highest BCUT2D eigenvalue weighted by atomic mass is 16.5. The van der Waals surface area contributed by atoms with Crippen LogP contribution < -0.4 is 9.47 Å². The molecule has 0 aliphatic heterocycles. The Labute approximate surface area is 262 Å². The SMILES string of the molecule is O=C(/C=C/c1cccc(OCCCCCCCCCCOc2cccc(/C=C/C(=O)c3ccccc3)c2)c1)c1ccccc1. The van der Waals surface area contributed by atoms with Crippen LogP contribution in [0, 0.1) is 0 Å². The first-order valence-electron chi connectivity index (χ1n) is 15.7. The lowest BCUT2D eigenvalue weighted by Crippen LogP contribution is -1.98. The molecule has 0 atom stereocenters. The second kappa shape index (κ2) is 18.8. The Hall–Kier alpha value is -4.70. The number of carbonyl (C=O) groups excluding carboxylic acids is 2. The molecule has 0 N–H and O–H groups in total. The molecular weight excluding hydrogens is 544 g/mol. The molecule has 4 aromatic rings. The summed E-state index contributed by atoms with van der Waals surface area (Å²) in [5.74, 6) is 1.66. The fraction of sp³-hybridized carbons (Fsp3) is 0.250. The maximum Gasteiger partial charge on any atom is 0.185 e. The zero-order valence-corrected chi connectivity index (χ0v) is 25.4. The average molecular weight is 587 g/mol. The van der Waals surface area contributed by atoms with E-state index in [-0.39, 0.29) is 11.6 Å². The Morgan fingerprint density at radius 1 is 0.455 bits per heavy atom. The first-order chi connectivity index (χ1) is 21.7. The first kappa shape index (κ1) is 32.2. The molecule has 0 aliphatic rings. The number of benzene rings is 4. The van der Waals surface area contributed by atoms with Crippen molar-refractivity contribution in [3.8, 4) is 11.5 Å². The van der Waals surface area contributed by atoms with E-state index in [1.807, 2.05) is 121 Å². The molecular formula is C40H42O4. The van der Waals surface area contributed by atoms with Crippen molar-refractivity contribution in [1.29, 1.82) is 0 Å². The van der Waals surface area contributed by atoms with Crippen molar-refractivity contribution < 1.29 is 19.1 Å². The number of allylic oxidation sites excluding steroid dienone is 2. The van der Waals surface area contributed by atoms with Gasteiger partial charge >= 0.3 is 0 Å². The summed E-state index contributed by atoms with van der Waals surface area (Å²) < 4.78 is 11.9. The van der Waals surface area contributed by atoms with Gasteiger partial charge in [-0.3, -0.25) is 9.59 Å². The van der Waals surface area contributed by atoms with E-state index in [9.17, 15) is 9.59 Å². The molecule has 44 heavy (non-hydrogen) atoms. The monoisotopic (exact) mass is 586 g/mol. The second-order valence-electron chi connectivity index (χ2n) is 10.8. The molecule has 4 rings (SSSR count). The highest BCUT2D eigenvalue weighted by molar-refractivity contribution is 6.07. The molecule has 0 amide bonds. The zero-order chi connectivity index (χ0) is 30.7. The number of hydrogen-bond donors (Lipinski definition) is 0. The van der Waals surface area contributed by atoms with Crippen molar-refractivity contribution in [2.24, 2.45) is 0 Å². The third-order valence-corrected chi connectivity index (χ3v) is 7.26. The van der Waals surface area contributed by atoms with Crippen molar-refractivity contribution in [1.82, 2.24) is 0 Å². The average Bonchev–Trinajstić information content (AvgIpc) is 3.07. The van der Waals surface area contributed by atoms with Gasteiger partial charge in [0.1, 0.15) is 11.5 Å². The lowest BCUT2D eigenvalue weighted by Gasteiger charge is -2.08. The van der Waals surface area contributed by atoms with Crippen molar-refractivity contribution in [3.05, 3.63) is 144 Å². The van der Waals surface area contributed by atoms with Gasteiger partial charge in [0, 0.05) is 11.1 Å². The molecule has 0 fully saturated rings. The van der Waals surface area contributed by atoms with E-state index < -0.39 is 0 Å². The van der Waals surface area contributed by atoms with Crippen LogP contribution in [0.2, 0.25) is 0 Å². The van der Waals surface area contributed by atoms with Crippen LogP contribution >= 0.6 is 0 Å². The predicted octanol–water partition coefficient (Wildman–Crippen LogP) is 10.1. The largest absolute Gasteiger partial charge is 0.494 e. The third-order valence-electron chi connectivity index (χ3n) is 7.26. The van der Waals surface area contributed by atoms with Crippen LogP contribution in [-0.4, -0.2) is 24.8 Å². The Balaban J connectivity index is 1.01. The summed E-state index contributed by atoms with van der Waals surface area (Å²) in [7, 11) is 0. The van der Waals surface area contributed by atoms with Gasteiger partial charge in [-0.15, -0.1) is 0 Å². The van der Waals surface area contributed by atoms with E-state index in [0.29, 0.717) is 24.3 Å². The van der Waals surface area contributed by atoms with Crippen LogP contribution in [0.5, 0.6) is 11.5 Å². The van der Waals surface area contributed by atoms with Crippen molar-refractivity contribution >= 4 is 23.7 Å². The first-order valence-corrected chi connectivity index (χ1v) is 15.7. The molecule has 4 aromatic carbocycles. The van der Waals surface area contributed by atoms with Gasteiger partial charge in [-0.2, -0.15) is 0 Å². The lowest BCUT2D eigenvalue weighted by molar-refractivity contribution is 0.103. The van der Waals surface area contributed by atoms with E-state index in [1.54, 1.807) is 12.2 Å². The lowest BCUT2D eigenvalue weighted by atomic mass is 10.1. The molecule has 0 heterocycles. The summed E-state index contributed by atoms with van der Waals surface area (Å²) in [6.07, 6.45) is 16.2. The van der Waals surface area contributed by atoms with Crippen molar-refractivity contribution in [3.63, 3.8) is 0 Å². The molecule has 226 valence electrons. The minimum atomic E-state index is -0.00453. The van der Waals surface area contributed by atoms with E-state index >= 15 is 0 Å². The van der Waals surface area contributed by atoms with Crippen molar-refractivity contribution in [2.75, 3.05) is 13.2 Å². The molecule has 0 bridgehead atoms. The second-order valence-corrected chi connectivity index (χ2v) is 10.8. The smallest absolute Gasteiger partial charge is 0.185 e. The molecule has 0 aromatic heterocycles. The standard InChI is InChI=1S/C40H42O4/c41-39(35-19-9-7-10-20-35)27-25-33-17-15-23-37(31-33)43-29-13-5-3-1-2-4-6-14-30-44-38-24-16-18-34(32-38)26-28-40(42)36-21-11-8-12-22-36/h7-12,15-28,31-32H,1-6,13-14,29-30H2/b27-25+,28-26+. The molecule has 4 nitrogen and oxygen atoms in total. The van der Waals surface area contributed by atoms with Crippen LogP contribution in [0.3, 0.4) is 0 Å². The quantitative estimate of drug-likeness (QED) is 0.0623. The maximum atomic E-state index is 12.3. The number of unbranched alkanes of at least 4 members (excludes halogenated alkanes) is 7. The summed E-state index contributed by atoms with van der Waals surface area (Å²) in [5.41, 5.74) is 3.28. The van der Waals surface area contributed by atoms with Gasteiger partial charge in [-0.05, 0) is 60.4 Å². The number of rotatable bonds is 19. The van der Waals surface area contributed by atoms with Crippen LogP contribution in [0.15, 0.2) is 121 Å². The van der Waals surface area contributed by atoms with Crippen LogP contribution in [0.1, 0.15) is 83.2 Å².